The molecule has 0 aliphatic rings. The van der Waals surface area contributed by atoms with Crippen LogP contribution >= 0.6 is 23.2 Å². The molecule has 1 heterocycles. The lowest BCUT2D eigenvalue weighted by Gasteiger charge is -2.11. The van der Waals surface area contributed by atoms with Gasteiger partial charge in [0, 0.05) is 12.3 Å². The lowest BCUT2D eigenvalue weighted by molar-refractivity contribution is 0.0525. The molecule has 2 aromatic rings. The monoisotopic (exact) mass is 311 g/mol. The van der Waals surface area contributed by atoms with E-state index in [1.165, 1.54) is 22.9 Å². The van der Waals surface area contributed by atoms with Crippen LogP contribution in [0, 0.1) is 0 Å². The van der Waals surface area contributed by atoms with E-state index in [0.717, 1.165) is 0 Å². The summed E-state index contributed by atoms with van der Waals surface area (Å²) in [6.07, 6.45) is 1.37. The average Bonchev–Trinajstić information content (AvgIpc) is 2.40. The van der Waals surface area contributed by atoms with Crippen LogP contribution in [-0.2, 0) is 4.74 Å². The highest BCUT2D eigenvalue weighted by Gasteiger charge is 2.13. The van der Waals surface area contributed by atoms with Gasteiger partial charge in [0.2, 0.25) is 0 Å². The second-order valence-corrected chi connectivity index (χ2v) is 4.73. The van der Waals surface area contributed by atoms with Crippen molar-refractivity contribution < 1.29 is 9.53 Å². The molecule has 1 aromatic carbocycles. The summed E-state index contributed by atoms with van der Waals surface area (Å²) in [5.41, 5.74) is 0.252. The number of hydrogen-bond donors (Lipinski definition) is 0. The Morgan fingerprint density at radius 1 is 1.20 bits per heavy atom. The molecule has 0 saturated carbocycles. The van der Waals surface area contributed by atoms with Gasteiger partial charge in [-0.2, -0.15) is 0 Å². The van der Waals surface area contributed by atoms with Crippen LogP contribution in [0.25, 0.3) is 5.69 Å². The first-order valence-electron chi connectivity index (χ1n) is 5.88. The molecule has 4 nitrogen and oxygen atoms in total. The van der Waals surface area contributed by atoms with Gasteiger partial charge in [0.05, 0.1) is 27.9 Å². The van der Waals surface area contributed by atoms with Crippen LogP contribution in [0.2, 0.25) is 10.0 Å². The molecule has 0 radical (unpaired) electrons. The van der Waals surface area contributed by atoms with Gasteiger partial charge in [0.15, 0.2) is 0 Å². The highest BCUT2D eigenvalue weighted by atomic mass is 35.5. The van der Waals surface area contributed by atoms with Gasteiger partial charge >= 0.3 is 5.97 Å². The van der Waals surface area contributed by atoms with Crippen molar-refractivity contribution in [2.45, 2.75) is 6.92 Å². The Morgan fingerprint density at radius 3 is 2.45 bits per heavy atom. The highest BCUT2D eigenvalue weighted by molar-refractivity contribution is 6.37. The normalized spacial score (nSPS) is 10.3. The van der Waals surface area contributed by atoms with Crippen molar-refractivity contribution in [1.82, 2.24) is 4.57 Å². The summed E-state index contributed by atoms with van der Waals surface area (Å²) in [6, 6.07) is 7.58. The number of esters is 1. The number of halogens is 2. The van der Waals surface area contributed by atoms with Gasteiger partial charge in [-0.3, -0.25) is 9.36 Å². The molecule has 0 unspecified atom stereocenters. The zero-order chi connectivity index (χ0) is 14.7. The maximum atomic E-state index is 12.0. The SMILES string of the molecule is CCOC(=O)c1ccc(=O)n(-c2c(Cl)cccc2Cl)c1. The van der Waals surface area contributed by atoms with Crippen LogP contribution in [0.5, 0.6) is 0 Å². The van der Waals surface area contributed by atoms with Crippen LogP contribution < -0.4 is 5.56 Å². The molecule has 0 aliphatic carbocycles. The smallest absolute Gasteiger partial charge is 0.339 e. The second kappa shape index (κ2) is 6.11. The standard InChI is InChI=1S/C14H11Cl2NO3/c1-2-20-14(19)9-6-7-12(18)17(8-9)13-10(15)4-3-5-11(13)16/h3-8H,2H2,1H3. The molecule has 0 atom stereocenters. The van der Waals surface area contributed by atoms with Crippen molar-refractivity contribution in [3.05, 3.63) is 62.5 Å². The third-order valence-electron chi connectivity index (χ3n) is 2.60. The average molecular weight is 312 g/mol. The second-order valence-electron chi connectivity index (χ2n) is 3.92. The van der Waals surface area contributed by atoms with Crippen molar-refractivity contribution in [3.63, 3.8) is 0 Å². The molecule has 0 amide bonds. The Bertz CT molecular complexity index is 690. The van der Waals surface area contributed by atoms with Gasteiger partial charge in [0.1, 0.15) is 0 Å². The van der Waals surface area contributed by atoms with Crippen LogP contribution in [0.1, 0.15) is 17.3 Å². The maximum Gasteiger partial charge on any atom is 0.339 e. The van der Waals surface area contributed by atoms with Crippen molar-refractivity contribution in [1.29, 1.82) is 0 Å². The van der Waals surface area contributed by atoms with E-state index in [0.29, 0.717) is 15.7 Å². The van der Waals surface area contributed by atoms with Crippen LogP contribution in [0.4, 0.5) is 0 Å². The number of carbonyl (C=O) groups is 1. The van der Waals surface area contributed by atoms with Gasteiger partial charge in [-0.1, -0.05) is 29.3 Å². The fraction of sp³-hybridized carbons (Fsp3) is 0.143. The number of pyridine rings is 1. The predicted molar refractivity (Wildman–Crippen MR) is 78.0 cm³/mol. The summed E-state index contributed by atoms with van der Waals surface area (Å²) in [5.74, 6) is -0.510. The van der Waals surface area contributed by atoms with E-state index < -0.39 is 5.97 Å². The molecule has 1 aromatic heterocycles. The van der Waals surface area contributed by atoms with Gasteiger partial charge < -0.3 is 4.74 Å². The summed E-state index contributed by atoms with van der Waals surface area (Å²) >= 11 is 12.1. The molecule has 0 fully saturated rings. The van der Waals surface area contributed by atoms with E-state index in [4.69, 9.17) is 27.9 Å². The van der Waals surface area contributed by atoms with E-state index in [9.17, 15) is 9.59 Å². The molecule has 6 heteroatoms. The maximum absolute atomic E-state index is 12.0. The number of rotatable bonds is 3. The number of para-hydroxylation sites is 1. The fourth-order valence-electron chi connectivity index (χ4n) is 1.72. The summed E-state index contributed by atoms with van der Waals surface area (Å²) in [4.78, 5) is 23.7. The Morgan fingerprint density at radius 2 is 1.85 bits per heavy atom. The van der Waals surface area contributed by atoms with Gasteiger partial charge in [-0.15, -0.1) is 0 Å². The fourth-order valence-corrected chi connectivity index (χ4v) is 2.30. The van der Waals surface area contributed by atoms with E-state index in [-0.39, 0.29) is 17.7 Å². The molecule has 104 valence electrons. The third kappa shape index (κ3) is 2.86. The zero-order valence-electron chi connectivity index (χ0n) is 10.6. The van der Waals surface area contributed by atoms with Crippen molar-refractivity contribution in [2.24, 2.45) is 0 Å². The largest absolute Gasteiger partial charge is 0.462 e. The molecule has 20 heavy (non-hydrogen) atoms. The molecular formula is C14H11Cl2NO3. The number of hydrogen-bond acceptors (Lipinski definition) is 3. The number of aromatic nitrogens is 1. The molecule has 0 saturated heterocycles. The number of benzene rings is 1. The summed E-state index contributed by atoms with van der Waals surface area (Å²) in [6.45, 7) is 1.96. The molecule has 0 spiro atoms. The van der Waals surface area contributed by atoms with Crippen LogP contribution in [-0.4, -0.2) is 17.1 Å². The number of carbonyl (C=O) groups excluding carboxylic acids is 1. The predicted octanol–water partition coefficient (Wildman–Crippen LogP) is 3.32. The number of nitrogens with zero attached hydrogens (tertiary/aromatic N) is 1. The lowest BCUT2D eigenvalue weighted by Crippen LogP contribution is -2.19. The summed E-state index contributed by atoms with van der Waals surface area (Å²) in [7, 11) is 0. The minimum atomic E-state index is -0.510. The Balaban J connectivity index is 2.60. The Kier molecular flexibility index (Phi) is 4.47. The quantitative estimate of drug-likeness (QED) is 0.817. The minimum Gasteiger partial charge on any atom is -0.462 e. The van der Waals surface area contributed by atoms with E-state index in [2.05, 4.69) is 0 Å². The first-order valence-corrected chi connectivity index (χ1v) is 6.64. The number of ether oxygens (including phenoxy) is 1. The van der Waals surface area contributed by atoms with Crippen LogP contribution in [0.3, 0.4) is 0 Å². The van der Waals surface area contributed by atoms with Gasteiger partial charge in [0.25, 0.3) is 5.56 Å². The van der Waals surface area contributed by atoms with Crippen LogP contribution in [0.15, 0.2) is 41.3 Å². The Hall–Kier alpha value is -1.78. The van der Waals surface area contributed by atoms with E-state index in [1.54, 1.807) is 25.1 Å². The summed E-state index contributed by atoms with van der Waals surface area (Å²) < 4.78 is 6.13. The van der Waals surface area contributed by atoms with Gasteiger partial charge in [-0.25, -0.2) is 4.79 Å². The minimum absolute atomic E-state index is 0.252. The van der Waals surface area contributed by atoms with Crippen molar-refractivity contribution >= 4 is 29.2 Å². The summed E-state index contributed by atoms with van der Waals surface area (Å²) in [5, 5.41) is 0.640. The first-order chi connectivity index (χ1) is 9.54. The van der Waals surface area contributed by atoms with E-state index in [1.807, 2.05) is 0 Å². The topological polar surface area (TPSA) is 48.3 Å². The third-order valence-corrected chi connectivity index (χ3v) is 3.21. The molecular weight excluding hydrogens is 301 g/mol. The molecule has 2 rings (SSSR count). The van der Waals surface area contributed by atoms with Crippen molar-refractivity contribution in [2.75, 3.05) is 6.61 Å². The zero-order valence-corrected chi connectivity index (χ0v) is 12.1. The van der Waals surface area contributed by atoms with E-state index >= 15 is 0 Å². The highest BCUT2D eigenvalue weighted by Crippen LogP contribution is 2.27. The molecule has 0 bridgehead atoms. The van der Waals surface area contributed by atoms with Gasteiger partial charge in [-0.05, 0) is 25.1 Å². The Labute approximate surface area is 125 Å². The molecule has 0 aliphatic heterocycles. The first kappa shape index (κ1) is 14.6. The van der Waals surface area contributed by atoms with Crippen molar-refractivity contribution in [3.8, 4) is 5.69 Å². The molecule has 0 N–H and O–H groups in total. The lowest BCUT2D eigenvalue weighted by atomic mass is 10.2.